The summed E-state index contributed by atoms with van der Waals surface area (Å²) in [5, 5.41) is 8.92. The molecule has 2 heterocycles. The Bertz CT molecular complexity index is 1080. The summed E-state index contributed by atoms with van der Waals surface area (Å²) in [7, 11) is -3.94. The predicted molar refractivity (Wildman–Crippen MR) is 105 cm³/mol. The van der Waals surface area contributed by atoms with Gasteiger partial charge in [0.1, 0.15) is 22.4 Å². The topological polar surface area (TPSA) is 143 Å². The van der Waals surface area contributed by atoms with Gasteiger partial charge in [-0.2, -0.15) is 13.7 Å². The number of carbonyl (C=O) groups excluding carboxylic acids is 2. The van der Waals surface area contributed by atoms with Gasteiger partial charge in [0.2, 0.25) is 5.78 Å². The number of hydrogen-bond acceptors (Lipinski definition) is 8. The number of rotatable bonds is 4. The Balaban J connectivity index is 1.85. The van der Waals surface area contributed by atoms with E-state index in [4.69, 9.17) is 15.7 Å². The summed E-state index contributed by atoms with van der Waals surface area (Å²) in [5.74, 6) is -1.09. The lowest BCUT2D eigenvalue weighted by atomic mass is 10.1. The van der Waals surface area contributed by atoms with Crippen molar-refractivity contribution in [1.82, 2.24) is 0 Å². The van der Waals surface area contributed by atoms with Gasteiger partial charge >= 0.3 is 5.97 Å². The molecule has 0 saturated carbocycles. The molecule has 9 nitrogen and oxygen atoms in total. The van der Waals surface area contributed by atoms with E-state index < -0.39 is 28.4 Å². The second-order valence-corrected chi connectivity index (χ2v) is 8.37. The molecule has 10 heteroatoms. The Kier molecular flexibility index (Phi) is 5.70. The number of anilines is 1. The van der Waals surface area contributed by atoms with E-state index in [-0.39, 0.29) is 21.7 Å². The first kappa shape index (κ1) is 20.5. The zero-order valence-electron chi connectivity index (χ0n) is 15.8. The van der Waals surface area contributed by atoms with Crippen molar-refractivity contribution in [3.8, 4) is 6.07 Å². The van der Waals surface area contributed by atoms with Gasteiger partial charge in [0.25, 0.3) is 10.0 Å². The fraction of sp³-hybridized carbons (Fsp3) is 0.368. The minimum Gasteiger partial charge on any atom is -0.454 e. The Morgan fingerprint density at radius 2 is 2.07 bits per heavy atom. The fourth-order valence-corrected chi connectivity index (χ4v) is 4.55. The fourth-order valence-electron chi connectivity index (χ4n) is 3.26. The second kappa shape index (κ2) is 8.05. The molecular formula is C19H20N4O5S. The number of benzene rings is 1. The van der Waals surface area contributed by atoms with Crippen LogP contribution in [0.3, 0.4) is 0 Å². The molecule has 152 valence electrons. The molecule has 0 aliphatic carbocycles. The molecule has 1 fully saturated rings. The average Bonchev–Trinajstić information content (AvgIpc) is 2.91. The van der Waals surface area contributed by atoms with Crippen molar-refractivity contribution in [3.05, 3.63) is 35.0 Å². The van der Waals surface area contributed by atoms with E-state index in [1.807, 2.05) is 4.90 Å². The molecule has 2 aliphatic rings. The van der Waals surface area contributed by atoms with Crippen molar-refractivity contribution in [2.45, 2.75) is 37.5 Å². The van der Waals surface area contributed by atoms with Crippen LogP contribution in [0.4, 0.5) is 5.69 Å². The van der Waals surface area contributed by atoms with Gasteiger partial charge in [-0.15, -0.1) is 4.40 Å². The van der Waals surface area contributed by atoms with E-state index >= 15 is 0 Å². The van der Waals surface area contributed by atoms with Crippen LogP contribution in [0, 0.1) is 11.3 Å². The number of ether oxygens (including phenoxy) is 1. The minimum absolute atomic E-state index is 0.0273. The summed E-state index contributed by atoms with van der Waals surface area (Å²) in [6.07, 6.45) is 3.37. The van der Waals surface area contributed by atoms with Crippen molar-refractivity contribution in [2.75, 3.05) is 18.1 Å². The van der Waals surface area contributed by atoms with Gasteiger partial charge in [0.05, 0.1) is 11.3 Å². The SMILES string of the molecule is C/C(N)=C(\C#N)C(=O)COC(=O)c1ccc2c(c1)S(=O)(=O)N=C1CCCCCN12. The molecule has 0 unspecified atom stereocenters. The van der Waals surface area contributed by atoms with Crippen LogP contribution in [0.2, 0.25) is 0 Å². The van der Waals surface area contributed by atoms with Crippen molar-refractivity contribution in [3.63, 3.8) is 0 Å². The maximum Gasteiger partial charge on any atom is 0.338 e. The average molecular weight is 416 g/mol. The van der Waals surface area contributed by atoms with Crippen molar-refractivity contribution in [2.24, 2.45) is 10.1 Å². The summed E-state index contributed by atoms with van der Waals surface area (Å²) < 4.78 is 34.1. The number of esters is 1. The quantitative estimate of drug-likeness (QED) is 0.443. The zero-order chi connectivity index (χ0) is 21.2. The number of fused-ring (bicyclic) bond motifs is 3. The minimum atomic E-state index is -3.94. The first-order valence-electron chi connectivity index (χ1n) is 9.07. The van der Waals surface area contributed by atoms with Crippen LogP contribution in [0.15, 0.2) is 38.8 Å². The third-order valence-electron chi connectivity index (χ3n) is 4.70. The lowest BCUT2D eigenvalue weighted by molar-refractivity contribution is -0.118. The van der Waals surface area contributed by atoms with Gasteiger partial charge in [0, 0.05) is 18.7 Å². The third kappa shape index (κ3) is 4.14. The molecular weight excluding hydrogens is 396 g/mol. The second-order valence-electron chi connectivity index (χ2n) is 6.80. The van der Waals surface area contributed by atoms with Crippen LogP contribution in [0.5, 0.6) is 0 Å². The molecule has 0 atom stereocenters. The molecule has 0 aromatic heterocycles. The largest absolute Gasteiger partial charge is 0.454 e. The number of ketones is 1. The van der Waals surface area contributed by atoms with Crippen LogP contribution in [0.25, 0.3) is 0 Å². The predicted octanol–water partition coefficient (Wildman–Crippen LogP) is 1.65. The van der Waals surface area contributed by atoms with Crippen LogP contribution in [0.1, 0.15) is 43.0 Å². The van der Waals surface area contributed by atoms with Crippen LogP contribution >= 0.6 is 0 Å². The maximum atomic E-state index is 12.6. The highest BCUT2D eigenvalue weighted by Crippen LogP contribution is 2.35. The number of hydrogen-bond donors (Lipinski definition) is 1. The molecule has 2 N–H and O–H groups in total. The van der Waals surface area contributed by atoms with Gasteiger partial charge in [-0.3, -0.25) is 4.79 Å². The zero-order valence-corrected chi connectivity index (χ0v) is 16.7. The van der Waals surface area contributed by atoms with Gasteiger partial charge in [-0.1, -0.05) is 6.42 Å². The third-order valence-corrected chi connectivity index (χ3v) is 6.04. The number of nitriles is 1. The van der Waals surface area contributed by atoms with Gasteiger partial charge in [0.15, 0.2) is 6.61 Å². The van der Waals surface area contributed by atoms with Gasteiger partial charge in [-0.05, 0) is 38.0 Å². The number of amidine groups is 1. The van der Waals surface area contributed by atoms with Crippen molar-refractivity contribution in [1.29, 1.82) is 5.26 Å². The van der Waals surface area contributed by atoms with Gasteiger partial charge in [-0.25, -0.2) is 4.79 Å². The van der Waals surface area contributed by atoms with E-state index in [0.29, 0.717) is 24.5 Å². The van der Waals surface area contributed by atoms with Crippen molar-refractivity contribution < 1.29 is 22.7 Å². The Morgan fingerprint density at radius 1 is 1.31 bits per heavy atom. The monoisotopic (exact) mass is 416 g/mol. The molecule has 1 aromatic rings. The van der Waals surface area contributed by atoms with Crippen LogP contribution < -0.4 is 10.6 Å². The molecule has 2 aliphatic heterocycles. The van der Waals surface area contributed by atoms with E-state index in [2.05, 4.69) is 4.40 Å². The summed E-state index contributed by atoms with van der Waals surface area (Å²) in [5.41, 5.74) is 5.65. The Labute approximate surface area is 168 Å². The summed E-state index contributed by atoms with van der Waals surface area (Å²) >= 11 is 0. The molecule has 0 bridgehead atoms. The molecule has 3 rings (SSSR count). The maximum absolute atomic E-state index is 12.6. The summed E-state index contributed by atoms with van der Waals surface area (Å²) in [6.45, 7) is 1.38. The number of carbonyl (C=O) groups is 2. The first-order chi connectivity index (χ1) is 13.7. The van der Waals surface area contributed by atoms with Crippen molar-refractivity contribution >= 4 is 33.3 Å². The number of nitrogens with zero attached hydrogens (tertiary/aromatic N) is 3. The standard InChI is InChI=1S/C19H20N4O5S/c1-12(21)14(10-20)16(24)11-28-19(25)13-6-7-15-17(9-13)29(26,27)22-18-5-3-2-4-8-23(15)18/h6-7,9H,2-5,8,11,21H2,1H3/b14-12-. The molecule has 0 spiro atoms. The highest BCUT2D eigenvalue weighted by atomic mass is 32.2. The number of allylic oxidation sites excluding steroid dienone is 1. The smallest absolute Gasteiger partial charge is 0.338 e. The van der Waals surface area contributed by atoms with Gasteiger partial charge < -0.3 is 15.4 Å². The number of sulfonamides is 1. The number of nitrogens with two attached hydrogens (primary N) is 1. The highest BCUT2D eigenvalue weighted by Gasteiger charge is 2.32. The molecule has 1 aromatic carbocycles. The number of Topliss-reactive ketones (excluding diaryl/α,β-unsaturated/α-hetero) is 1. The summed E-state index contributed by atoms with van der Waals surface area (Å²) in [4.78, 5) is 26.0. The first-order valence-corrected chi connectivity index (χ1v) is 10.5. The molecule has 29 heavy (non-hydrogen) atoms. The van der Waals surface area contributed by atoms with E-state index in [1.165, 1.54) is 19.1 Å². The lowest BCUT2D eigenvalue weighted by Crippen LogP contribution is -2.35. The van der Waals surface area contributed by atoms with Crippen LogP contribution in [-0.4, -0.2) is 39.2 Å². The Morgan fingerprint density at radius 3 is 2.76 bits per heavy atom. The van der Waals surface area contributed by atoms with E-state index in [9.17, 15) is 18.0 Å². The summed E-state index contributed by atoms with van der Waals surface area (Å²) in [6, 6.07) is 5.87. The van der Waals surface area contributed by atoms with E-state index in [1.54, 1.807) is 12.1 Å². The molecule has 0 radical (unpaired) electrons. The molecule has 0 amide bonds. The normalized spacial score (nSPS) is 18.2. The highest BCUT2D eigenvalue weighted by molar-refractivity contribution is 7.90. The molecule has 1 saturated heterocycles. The lowest BCUT2D eigenvalue weighted by Gasteiger charge is -2.29. The van der Waals surface area contributed by atoms with E-state index in [0.717, 1.165) is 19.3 Å². The van der Waals surface area contributed by atoms with Crippen LogP contribution in [-0.2, 0) is 19.6 Å². The Hall–Kier alpha value is -3.19.